The minimum absolute atomic E-state index is 0.0104. The second kappa shape index (κ2) is 12.9. The van der Waals surface area contributed by atoms with E-state index in [9.17, 15) is 23.1 Å². The average Bonchev–Trinajstić information content (AvgIpc) is 2.97. The maximum Gasteiger partial charge on any atom is 0.253 e. The topological polar surface area (TPSA) is 117 Å². The van der Waals surface area contributed by atoms with Crippen LogP contribution in [-0.2, 0) is 19.6 Å². The van der Waals surface area contributed by atoms with Crippen molar-refractivity contribution in [1.29, 1.82) is 0 Å². The maximum absolute atomic E-state index is 13.8. The highest BCUT2D eigenvalue weighted by Gasteiger charge is 2.39. The average molecular weight is 588 g/mol. The third-order valence-electron chi connectivity index (χ3n) is 7.94. The molecule has 0 radical (unpaired) electrons. The third kappa shape index (κ3) is 6.74. The molecule has 0 bridgehead atoms. The standard InChI is InChI=1S/C30H41N3O7S/c1-20-17-33(21(2)19-34)41(37,38)28-11-10-25(22-6-8-23(9-7-22)29(35)31(3)4)16-26(28)40-27(20)18-32(5)30(36)24-12-14-39-15-13-24/h6-11,16,20-21,24,27,34H,12-15,17-19H2,1-5H3/t20-,21+,27-/m1/s1. The van der Waals surface area contributed by atoms with Crippen molar-refractivity contribution < 1.29 is 32.6 Å². The highest BCUT2D eigenvalue weighted by atomic mass is 32.2. The molecule has 0 spiro atoms. The van der Waals surface area contributed by atoms with E-state index in [1.807, 2.05) is 19.1 Å². The number of amides is 2. The summed E-state index contributed by atoms with van der Waals surface area (Å²) in [4.78, 5) is 28.7. The first-order valence-electron chi connectivity index (χ1n) is 14.0. The number of fused-ring (bicyclic) bond motifs is 1. The van der Waals surface area contributed by atoms with Crippen LogP contribution in [0.1, 0.15) is 37.0 Å². The Kier molecular flexibility index (Phi) is 9.73. The van der Waals surface area contributed by atoms with Crippen molar-refractivity contribution in [3.8, 4) is 16.9 Å². The van der Waals surface area contributed by atoms with Crippen LogP contribution in [0.4, 0.5) is 0 Å². The molecular weight excluding hydrogens is 546 g/mol. The quantitative estimate of drug-likeness (QED) is 0.530. The Morgan fingerprint density at radius 3 is 2.29 bits per heavy atom. The van der Waals surface area contributed by atoms with Crippen LogP contribution in [0.15, 0.2) is 47.4 Å². The van der Waals surface area contributed by atoms with Crippen LogP contribution in [0.5, 0.6) is 5.75 Å². The molecule has 41 heavy (non-hydrogen) atoms. The van der Waals surface area contributed by atoms with E-state index in [-0.39, 0.29) is 54.0 Å². The van der Waals surface area contributed by atoms with E-state index in [4.69, 9.17) is 9.47 Å². The largest absolute Gasteiger partial charge is 0.487 e. The van der Waals surface area contributed by atoms with Gasteiger partial charge in [-0.2, -0.15) is 4.31 Å². The summed E-state index contributed by atoms with van der Waals surface area (Å²) < 4.78 is 40.8. The van der Waals surface area contributed by atoms with E-state index >= 15 is 0 Å². The Balaban J connectivity index is 1.70. The minimum atomic E-state index is -3.99. The van der Waals surface area contributed by atoms with E-state index in [1.54, 1.807) is 57.2 Å². The van der Waals surface area contributed by atoms with Crippen LogP contribution >= 0.6 is 0 Å². The minimum Gasteiger partial charge on any atom is -0.487 e. The Bertz CT molecular complexity index is 1340. The SMILES string of the molecule is C[C@@H]1CN([C@@H](C)CO)S(=O)(=O)c2ccc(-c3ccc(C(=O)N(C)C)cc3)cc2O[C@@H]1CN(C)C(=O)C1CCOCC1. The molecule has 2 heterocycles. The van der Waals surface area contributed by atoms with Gasteiger partial charge in [0.25, 0.3) is 5.91 Å². The summed E-state index contributed by atoms with van der Waals surface area (Å²) in [7, 11) is 1.14. The van der Waals surface area contributed by atoms with Crippen molar-refractivity contribution in [1.82, 2.24) is 14.1 Å². The number of aliphatic hydroxyl groups is 1. The molecule has 0 aromatic heterocycles. The number of rotatable bonds is 7. The van der Waals surface area contributed by atoms with E-state index in [2.05, 4.69) is 0 Å². The van der Waals surface area contributed by atoms with E-state index in [0.29, 0.717) is 31.6 Å². The molecule has 2 aromatic carbocycles. The highest BCUT2D eigenvalue weighted by Crippen LogP contribution is 2.37. The van der Waals surface area contributed by atoms with Gasteiger partial charge in [0.2, 0.25) is 15.9 Å². The molecule has 2 aromatic rings. The zero-order valence-electron chi connectivity index (χ0n) is 24.4. The Morgan fingerprint density at radius 1 is 1.05 bits per heavy atom. The number of nitrogens with zero attached hydrogens (tertiary/aromatic N) is 3. The second-order valence-electron chi connectivity index (χ2n) is 11.3. The van der Waals surface area contributed by atoms with Crippen molar-refractivity contribution in [2.75, 3.05) is 54.1 Å². The maximum atomic E-state index is 13.8. The molecular formula is C30H41N3O7S. The summed E-state index contributed by atoms with van der Waals surface area (Å²) in [6.07, 6.45) is 0.854. The first kappa shape index (κ1) is 31.0. The van der Waals surface area contributed by atoms with Gasteiger partial charge in [-0.1, -0.05) is 25.1 Å². The molecule has 11 heteroatoms. The van der Waals surface area contributed by atoms with Crippen molar-refractivity contribution in [3.63, 3.8) is 0 Å². The monoisotopic (exact) mass is 587 g/mol. The van der Waals surface area contributed by atoms with Gasteiger partial charge in [0.05, 0.1) is 13.2 Å². The molecule has 2 amide bonds. The van der Waals surface area contributed by atoms with Gasteiger partial charge >= 0.3 is 0 Å². The van der Waals surface area contributed by atoms with Gasteiger partial charge in [0.15, 0.2) is 0 Å². The fourth-order valence-corrected chi connectivity index (χ4v) is 7.13. The molecule has 1 saturated heterocycles. The van der Waals surface area contributed by atoms with Gasteiger partial charge in [-0.05, 0) is 55.2 Å². The molecule has 1 fully saturated rings. The van der Waals surface area contributed by atoms with Crippen LogP contribution in [0, 0.1) is 11.8 Å². The Hall–Kier alpha value is -2.99. The van der Waals surface area contributed by atoms with Crippen molar-refractivity contribution >= 4 is 21.8 Å². The smallest absolute Gasteiger partial charge is 0.253 e. The molecule has 0 saturated carbocycles. The Morgan fingerprint density at radius 2 is 1.68 bits per heavy atom. The molecule has 2 aliphatic rings. The van der Waals surface area contributed by atoms with E-state index < -0.39 is 22.2 Å². The number of ether oxygens (including phenoxy) is 2. The fourth-order valence-electron chi connectivity index (χ4n) is 5.30. The molecule has 4 rings (SSSR count). The number of aliphatic hydroxyl groups excluding tert-OH is 1. The summed E-state index contributed by atoms with van der Waals surface area (Å²) >= 11 is 0. The lowest BCUT2D eigenvalue weighted by Crippen LogP contribution is -2.50. The summed E-state index contributed by atoms with van der Waals surface area (Å²) in [5.74, 6) is -0.282. The van der Waals surface area contributed by atoms with Gasteiger partial charge in [0.1, 0.15) is 16.7 Å². The number of sulfonamides is 1. The lowest BCUT2D eigenvalue weighted by Gasteiger charge is -2.38. The van der Waals surface area contributed by atoms with Gasteiger partial charge in [-0.25, -0.2) is 8.42 Å². The predicted octanol–water partition coefficient (Wildman–Crippen LogP) is 2.71. The number of carbonyl (C=O) groups is 2. The fraction of sp³-hybridized carbons (Fsp3) is 0.533. The predicted molar refractivity (Wildman–Crippen MR) is 155 cm³/mol. The Labute approximate surface area is 242 Å². The zero-order valence-corrected chi connectivity index (χ0v) is 25.3. The number of likely N-dealkylation sites (N-methyl/N-ethyl adjacent to an activating group) is 1. The van der Waals surface area contributed by atoms with Crippen molar-refractivity contribution in [2.24, 2.45) is 11.8 Å². The summed E-state index contributed by atoms with van der Waals surface area (Å²) in [6.45, 7) is 4.79. The number of hydrogen-bond acceptors (Lipinski definition) is 7. The molecule has 1 N–H and O–H groups in total. The van der Waals surface area contributed by atoms with Crippen LogP contribution in [0.3, 0.4) is 0 Å². The lowest BCUT2D eigenvalue weighted by molar-refractivity contribution is -0.138. The third-order valence-corrected chi connectivity index (χ3v) is 9.96. The molecule has 0 unspecified atom stereocenters. The number of benzene rings is 2. The van der Waals surface area contributed by atoms with Crippen LogP contribution in [0.25, 0.3) is 11.1 Å². The van der Waals surface area contributed by atoms with Gasteiger partial charge in [-0.3, -0.25) is 9.59 Å². The lowest BCUT2D eigenvalue weighted by atomic mass is 9.97. The molecule has 10 nitrogen and oxygen atoms in total. The van der Waals surface area contributed by atoms with E-state index in [0.717, 1.165) is 11.1 Å². The molecule has 3 atom stereocenters. The summed E-state index contributed by atoms with van der Waals surface area (Å²) in [5.41, 5.74) is 2.06. The highest BCUT2D eigenvalue weighted by molar-refractivity contribution is 7.89. The van der Waals surface area contributed by atoms with Gasteiger partial charge in [-0.15, -0.1) is 0 Å². The van der Waals surface area contributed by atoms with Crippen LogP contribution in [-0.4, -0.2) is 106 Å². The first-order chi connectivity index (χ1) is 19.4. The molecule has 2 aliphatic heterocycles. The number of hydrogen-bond donors (Lipinski definition) is 1. The molecule has 0 aliphatic carbocycles. The molecule has 224 valence electrons. The first-order valence-corrected chi connectivity index (χ1v) is 15.5. The van der Waals surface area contributed by atoms with Crippen molar-refractivity contribution in [2.45, 2.75) is 43.7 Å². The summed E-state index contributed by atoms with van der Waals surface area (Å²) in [6, 6.07) is 11.4. The van der Waals surface area contributed by atoms with Crippen LogP contribution in [0.2, 0.25) is 0 Å². The number of carbonyl (C=O) groups excluding carboxylic acids is 2. The van der Waals surface area contributed by atoms with Crippen molar-refractivity contribution in [3.05, 3.63) is 48.0 Å². The summed E-state index contributed by atoms with van der Waals surface area (Å²) in [5, 5.41) is 9.90. The van der Waals surface area contributed by atoms with E-state index in [1.165, 1.54) is 15.3 Å². The van der Waals surface area contributed by atoms with Gasteiger partial charge in [0, 0.05) is 64.3 Å². The zero-order chi connectivity index (χ0) is 29.9. The van der Waals surface area contributed by atoms with Crippen LogP contribution < -0.4 is 4.74 Å². The normalized spacial score (nSPS) is 22.0. The van der Waals surface area contributed by atoms with Gasteiger partial charge < -0.3 is 24.4 Å². The second-order valence-corrected chi connectivity index (χ2v) is 13.1.